The van der Waals surface area contributed by atoms with E-state index in [9.17, 15) is 8.42 Å². The molecule has 0 amide bonds. The Morgan fingerprint density at radius 2 is 2.07 bits per heavy atom. The first-order valence-electron chi connectivity index (χ1n) is 5.69. The molecule has 2 heterocycles. The van der Waals surface area contributed by atoms with Crippen LogP contribution in [0.3, 0.4) is 0 Å². The zero-order chi connectivity index (χ0) is 10.5. The number of sulfonamides is 1. The molecular weight excluding hydrogens is 214 g/mol. The van der Waals surface area contributed by atoms with Crippen molar-refractivity contribution in [2.45, 2.75) is 30.9 Å². The van der Waals surface area contributed by atoms with Crippen LogP contribution in [0.2, 0.25) is 0 Å². The van der Waals surface area contributed by atoms with Gasteiger partial charge in [0.05, 0.1) is 11.9 Å². The van der Waals surface area contributed by atoms with Gasteiger partial charge in [0, 0.05) is 25.1 Å². The summed E-state index contributed by atoms with van der Waals surface area (Å²) in [6, 6.07) is 0. The molecule has 1 spiro atoms. The van der Waals surface area contributed by atoms with Crippen molar-refractivity contribution in [2.24, 2.45) is 5.41 Å². The first-order valence-corrected chi connectivity index (χ1v) is 7.20. The summed E-state index contributed by atoms with van der Waals surface area (Å²) >= 11 is 0. The van der Waals surface area contributed by atoms with Crippen LogP contribution in [0.15, 0.2) is 0 Å². The van der Waals surface area contributed by atoms with Crippen LogP contribution < -0.4 is 0 Å². The average molecular weight is 231 g/mol. The summed E-state index contributed by atoms with van der Waals surface area (Å²) in [6.45, 7) is 2.97. The first-order chi connectivity index (χ1) is 7.12. The van der Waals surface area contributed by atoms with Crippen molar-refractivity contribution in [3.8, 4) is 0 Å². The number of nitrogens with zero attached hydrogens (tertiary/aromatic N) is 1. The molecule has 1 saturated carbocycles. The molecule has 15 heavy (non-hydrogen) atoms. The van der Waals surface area contributed by atoms with E-state index < -0.39 is 10.0 Å². The van der Waals surface area contributed by atoms with Gasteiger partial charge in [-0.2, -0.15) is 0 Å². The lowest BCUT2D eigenvalue weighted by Gasteiger charge is -2.21. The van der Waals surface area contributed by atoms with E-state index >= 15 is 0 Å². The van der Waals surface area contributed by atoms with Gasteiger partial charge in [-0.25, -0.2) is 12.7 Å². The number of hydrogen-bond acceptors (Lipinski definition) is 3. The molecule has 0 N–H and O–H groups in total. The molecular formula is C10H17NO3S. The standard InChI is InChI=1S/C10H17NO3S/c12-15(13,9-1-2-9)11-5-3-10(7-11)4-6-14-8-10/h9H,1-8H2/t10-/m0/s1. The maximum atomic E-state index is 12.0. The smallest absolute Gasteiger partial charge is 0.217 e. The van der Waals surface area contributed by atoms with Gasteiger partial charge in [-0.15, -0.1) is 0 Å². The molecule has 0 radical (unpaired) electrons. The minimum atomic E-state index is -2.95. The summed E-state index contributed by atoms with van der Waals surface area (Å²) in [5, 5.41) is -0.0602. The zero-order valence-corrected chi connectivity index (χ0v) is 9.63. The van der Waals surface area contributed by atoms with E-state index in [0.29, 0.717) is 13.1 Å². The van der Waals surface area contributed by atoms with Crippen LogP contribution in [-0.2, 0) is 14.8 Å². The van der Waals surface area contributed by atoms with Gasteiger partial charge in [0.15, 0.2) is 0 Å². The topological polar surface area (TPSA) is 46.6 Å². The summed E-state index contributed by atoms with van der Waals surface area (Å²) in [4.78, 5) is 0. The molecule has 0 unspecified atom stereocenters. The SMILES string of the molecule is O=S(=O)(C1CC1)N1CC[C@]2(CCOC2)C1. The average Bonchev–Trinajstić information content (AvgIpc) is 2.86. The monoisotopic (exact) mass is 231 g/mol. The van der Waals surface area contributed by atoms with Gasteiger partial charge in [-0.3, -0.25) is 0 Å². The van der Waals surface area contributed by atoms with E-state index in [4.69, 9.17) is 4.74 Å². The zero-order valence-electron chi connectivity index (χ0n) is 8.81. The van der Waals surface area contributed by atoms with Crippen LogP contribution in [0.4, 0.5) is 0 Å². The Hall–Kier alpha value is -0.130. The summed E-state index contributed by atoms with van der Waals surface area (Å²) in [7, 11) is -2.95. The third kappa shape index (κ3) is 1.61. The molecule has 4 nitrogen and oxygen atoms in total. The molecule has 86 valence electrons. The van der Waals surface area contributed by atoms with Crippen molar-refractivity contribution >= 4 is 10.0 Å². The van der Waals surface area contributed by atoms with Gasteiger partial charge in [-0.05, 0) is 25.7 Å². The van der Waals surface area contributed by atoms with Crippen LogP contribution in [0.25, 0.3) is 0 Å². The Bertz CT molecular complexity index is 355. The van der Waals surface area contributed by atoms with Crippen molar-refractivity contribution in [1.29, 1.82) is 0 Å². The summed E-state index contributed by atoms with van der Waals surface area (Å²) in [5.41, 5.74) is 0.155. The summed E-state index contributed by atoms with van der Waals surface area (Å²) in [6.07, 6.45) is 3.74. The highest BCUT2D eigenvalue weighted by atomic mass is 32.2. The van der Waals surface area contributed by atoms with Gasteiger partial charge in [0.25, 0.3) is 0 Å². The lowest BCUT2D eigenvalue weighted by atomic mass is 9.87. The Kier molecular flexibility index (Phi) is 2.13. The van der Waals surface area contributed by atoms with Gasteiger partial charge < -0.3 is 4.74 Å². The molecule has 1 aliphatic carbocycles. The van der Waals surface area contributed by atoms with Crippen LogP contribution in [0, 0.1) is 5.41 Å². The molecule has 0 aromatic heterocycles. The highest BCUT2D eigenvalue weighted by Gasteiger charge is 2.48. The molecule has 0 aromatic carbocycles. The number of rotatable bonds is 2. The van der Waals surface area contributed by atoms with Crippen molar-refractivity contribution in [1.82, 2.24) is 4.31 Å². The van der Waals surface area contributed by atoms with E-state index in [1.165, 1.54) is 0 Å². The Morgan fingerprint density at radius 3 is 2.67 bits per heavy atom. The Morgan fingerprint density at radius 1 is 1.27 bits per heavy atom. The maximum absolute atomic E-state index is 12.0. The van der Waals surface area contributed by atoms with Gasteiger partial charge in [-0.1, -0.05) is 0 Å². The van der Waals surface area contributed by atoms with E-state index in [-0.39, 0.29) is 10.7 Å². The number of ether oxygens (including phenoxy) is 1. The van der Waals surface area contributed by atoms with Crippen molar-refractivity contribution < 1.29 is 13.2 Å². The third-order valence-corrected chi connectivity index (χ3v) is 6.24. The normalized spacial score (nSPS) is 37.9. The molecule has 0 aromatic rings. The second kappa shape index (κ2) is 3.18. The largest absolute Gasteiger partial charge is 0.381 e. The lowest BCUT2D eigenvalue weighted by Crippen LogP contribution is -2.34. The highest BCUT2D eigenvalue weighted by Crippen LogP contribution is 2.42. The Balaban J connectivity index is 1.75. The fraction of sp³-hybridized carbons (Fsp3) is 1.00. The quantitative estimate of drug-likeness (QED) is 0.699. The van der Waals surface area contributed by atoms with Crippen LogP contribution in [-0.4, -0.2) is 44.3 Å². The minimum Gasteiger partial charge on any atom is -0.381 e. The van der Waals surface area contributed by atoms with Gasteiger partial charge >= 0.3 is 0 Å². The second-order valence-electron chi connectivity index (χ2n) is 5.13. The first kappa shape index (κ1) is 10.1. The van der Waals surface area contributed by atoms with Gasteiger partial charge in [0.1, 0.15) is 0 Å². The van der Waals surface area contributed by atoms with Crippen LogP contribution in [0.1, 0.15) is 25.7 Å². The predicted octanol–water partition coefficient (Wildman–Crippen LogP) is 0.591. The lowest BCUT2D eigenvalue weighted by molar-refractivity contribution is 0.157. The van der Waals surface area contributed by atoms with E-state index in [0.717, 1.165) is 38.9 Å². The third-order valence-electron chi connectivity index (χ3n) is 3.89. The van der Waals surface area contributed by atoms with Crippen molar-refractivity contribution in [3.05, 3.63) is 0 Å². The van der Waals surface area contributed by atoms with Crippen molar-refractivity contribution in [2.75, 3.05) is 26.3 Å². The highest BCUT2D eigenvalue weighted by molar-refractivity contribution is 7.90. The van der Waals surface area contributed by atoms with Gasteiger partial charge in [0.2, 0.25) is 10.0 Å². The van der Waals surface area contributed by atoms with Crippen LogP contribution in [0.5, 0.6) is 0 Å². The molecule has 3 rings (SSSR count). The fourth-order valence-corrected chi connectivity index (χ4v) is 4.61. The Labute approximate surface area is 90.6 Å². The van der Waals surface area contributed by atoms with Crippen molar-refractivity contribution in [3.63, 3.8) is 0 Å². The van der Waals surface area contributed by atoms with E-state index in [1.807, 2.05) is 0 Å². The van der Waals surface area contributed by atoms with E-state index in [1.54, 1.807) is 4.31 Å². The second-order valence-corrected chi connectivity index (χ2v) is 7.34. The molecule has 3 fully saturated rings. The molecule has 1 atom stereocenters. The molecule has 2 aliphatic heterocycles. The predicted molar refractivity (Wildman–Crippen MR) is 56.0 cm³/mol. The molecule has 0 bridgehead atoms. The number of hydrogen-bond donors (Lipinski definition) is 0. The van der Waals surface area contributed by atoms with E-state index in [2.05, 4.69) is 0 Å². The summed E-state index contributed by atoms with van der Waals surface area (Å²) < 4.78 is 31.1. The molecule has 3 aliphatic rings. The fourth-order valence-electron chi connectivity index (χ4n) is 2.66. The summed E-state index contributed by atoms with van der Waals surface area (Å²) in [5.74, 6) is 0. The minimum absolute atomic E-state index is 0.0602. The van der Waals surface area contributed by atoms with Crippen LogP contribution >= 0.6 is 0 Å². The molecule has 5 heteroatoms. The molecule has 2 saturated heterocycles. The maximum Gasteiger partial charge on any atom is 0.217 e.